The zero-order valence-corrected chi connectivity index (χ0v) is 21.9. The number of aliphatic hydroxyl groups is 1. The van der Waals surface area contributed by atoms with Crippen LogP contribution in [0, 0.1) is 24.6 Å². The van der Waals surface area contributed by atoms with Gasteiger partial charge in [0, 0.05) is 43.1 Å². The van der Waals surface area contributed by atoms with Crippen molar-refractivity contribution in [2.75, 3.05) is 19.6 Å². The van der Waals surface area contributed by atoms with Crippen LogP contribution in [0.4, 0.5) is 9.18 Å². The summed E-state index contributed by atoms with van der Waals surface area (Å²) in [6.07, 6.45) is 2.95. The van der Waals surface area contributed by atoms with Crippen molar-refractivity contribution in [2.45, 2.75) is 63.5 Å². The van der Waals surface area contributed by atoms with E-state index in [0.717, 1.165) is 18.4 Å². The third kappa shape index (κ3) is 6.45. The molecule has 1 saturated carbocycles. The van der Waals surface area contributed by atoms with Gasteiger partial charge in [0.25, 0.3) is 0 Å². The summed E-state index contributed by atoms with van der Waals surface area (Å²) in [5.41, 5.74) is 5.75. The van der Waals surface area contributed by atoms with E-state index in [9.17, 15) is 14.7 Å². The lowest BCUT2D eigenvalue weighted by Crippen LogP contribution is -2.49. The van der Waals surface area contributed by atoms with Gasteiger partial charge in [0.1, 0.15) is 5.75 Å². The molecule has 0 aromatic heterocycles. The molecule has 2 fully saturated rings. The highest BCUT2D eigenvalue weighted by atomic mass is 19.1. The maximum Gasteiger partial charge on any atom is 0.404 e. The maximum absolute atomic E-state index is 15.3. The van der Waals surface area contributed by atoms with Crippen LogP contribution in [-0.2, 0) is 10.4 Å². The summed E-state index contributed by atoms with van der Waals surface area (Å²) < 4.78 is 21.3. The molecule has 0 spiro atoms. The van der Waals surface area contributed by atoms with E-state index in [1.807, 2.05) is 24.0 Å². The van der Waals surface area contributed by atoms with Gasteiger partial charge in [-0.3, -0.25) is 4.79 Å². The normalized spacial score (nSPS) is 23.1. The van der Waals surface area contributed by atoms with Crippen LogP contribution in [0.5, 0.6) is 11.5 Å². The Labute approximate surface area is 223 Å². The molecule has 1 aliphatic heterocycles. The molecule has 0 bridgehead atoms. The molecule has 4 rings (SSSR count). The molecular formula is C29H38FN3O5. The monoisotopic (exact) mass is 527 g/mol. The number of benzene rings is 2. The van der Waals surface area contributed by atoms with Gasteiger partial charge in [-0.25, -0.2) is 9.18 Å². The van der Waals surface area contributed by atoms with E-state index in [-0.39, 0.29) is 42.5 Å². The summed E-state index contributed by atoms with van der Waals surface area (Å²) >= 11 is 0. The number of hydrogen-bond acceptors (Lipinski definition) is 5. The van der Waals surface area contributed by atoms with Gasteiger partial charge < -0.3 is 30.9 Å². The summed E-state index contributed by atoms with van der Waals surface area (Å²) in [5.74, 6) is -0.642. The number of piperidine rings is 1. The van der Waals surface area contributed by atoms with Gasteiger partial charge in [0.15, 0.2) is 11.6 Å². The Hall–Kier alpha value is -3.17. The van der Waals surface area contributed by atoms with Gasteiger partial charge in [-0.1, -0.05) is 24.3 Å². The number of amides is 2. The number of carboxylic acid groups (broad SMARTS) is 1. The van der Waals surface area contributed by atoms with Crippen LogP contribution in [0.3, 0.4) is 0 Å². The third-order valence-electron chi connectivity index (χ3n) is 7.88. The number of nitrogens with one attached hydrogen (secondary N) is 1. The summed E-state index contributed by atoms with van der Waals surface area (Å²) in [7, 11) is 0. The lowest BCUT2D eigenvalue weighted by atomic mass is 9.73. The lowest BCUT2D eigenvalue weighted by Gasteiger charge is -2.44. The first kappa shape index (κ1) is 27.9. The first-order valence-corrected chi connectivity index (χ1v) is 13.4. The molecule has 5 N–H and O–H groups in total. The molecule has 1 heterocycles. The number of hydrogen-bond donors (Lipinski definition) is 4. The highest BCUT2D eigenvalue weighted by molar-refractivity contribution is 5.79. The van der Waals surface area contributed by atoms with Crippen LogP contribution in [0.2, 0.25) is 0 Å². The van der Waals surface area contributed by atoms with Crippen molar-refractivity contribution in [2.24, 2.45) is 17.6 Å². The largest absolute Gasteiger partial charge is 0.465 e. The van der Waals surface area contributed by atoms with Gasteiger partial charge in [0.2, 0.25) is 5.91 Å². The number of carbonyl (C=O) groups excluding carboxylic acids is 1. The molecule has 2 aliphatic rings. The minimum Gasteiger partial charge on any atom is -0.465 e. The number of aryl methyl sites for hydroxylation is 1. The Morgan fingerprint density at radius 3 is 2.71 bits per heavy atom. The second kappa shape index (κ2) is 12.1. The Morgan fingerprint density at radius 2 is 2.00 bits per heavy atom. The van der Waals surface area contributed by atoms with E-state index < -0.39 is 17.5 Å². The number of nitrogens with zero attached hydrogens (tertiary/aromatic N) is 1. The van der Waals surface area contributed by atoms with Gasteiger partial charge >= 0.3 is 6.09 Å². The predicted molar refractivity (Wildman–Crippen MR) is 141 cm³/mol. The van der Waals surface area contributed by atoms with Crippen LogP contribution in [0.15, 0.2) is 42.5 Å². The molecule has 2 aromatic rings. The average Bonchev–Trinajstić information content (AvgIpc) is 3.33. The van der Waals surface area contributed by atoms with Crippen LogP contribution >= 0.6 is 0 Å². The molecule has 1 unspecified atom stereocenters. The number of rotatable bonds is 9. The van der Waals surface area contributed by atoms with Crippen LogP contribution in [-0.4, -0.2) is 52.8 Å². The zero-order valence-electron chi connectivity index (χ0n) is 21.9. The molecule has 4 atom stereocenters. The molecule has 1 aliphatic carbocycles. The summed E-state index contributed by atoms with van der Waals surface area (Å²) in [5, 5.41) is 23.7. The number of halogens is 1. The number of para-hydroxylation sites is 1. The second-order valence-electron chi connectivity index (χ2n) is 10.7. The number of ether oxygens (including phenoxy) is 1. The van der Waals surface area contributed by atoms with Crippen molar-refractivity contribution >= 4 is 12.0 Å². The minimum absolute atomic E-state index is 0.0387. The maximum atomic E-state index is 15.3. The van der Waals surface area contributed by atoms with E-state index in [0.29, 0.717) is 50.1 Å². The van der Waals surface area contributed by atoms with Crippen molar-refractivity contribution in [3.05, 3.63) is 59.4 Å². The highest BCUT2D eigenvalue weighted by Gasteiger charge is 2.44. The summed E-state index contributed by atoms with van der Waals surface area (Å²) in [6.45, 7) is 2.98. The Balaban J connectivity index is 1.65. The SMILES string of the molecule is Cc1cccc(Oc2c(F)cccc2C(O)(CCCNC(=O)O)[C@@H]2CCCN(C(=O)[C@@H]3CC[C@H](N)C3)C2)c1. The minimum atomic E-state index is -1.55. The van der Waals surface area contributed by atoms with Gasteiger partial charge in [-0.05, 0) is 75.6 Å². The molecule has 206 valence electrons. The van der Waals surface area contributed by atoms with Crippen LogP contribution in [0.25, 0.3) is 0 Å². The van der Waals surface area contributed by atoms with Gasteiger partial charge in [0.05, 0.1) is 5.60 Å². The second-order valence-corrected chi connectivity index (χ2v) is 10.7. The predicted octanol–water partition coefficient (Wildman–Crippen LogP) is 4.53. The molecular weight excluding hydrogens is 489 g/mol. The van der Waals surface area contributed by atoms with E-state index >= 15 is 4.39 Å². The van der Waals surface area contributed by atoms with E-state index in [1.54, 1.807) is 24.3 Å². The lowest BCUT2D eigenvalue weighted by molar-refractivity contribution is -0.141. The molecule has 1 saturated heterocycles. The molecule has 9 heteroatoms. The van der Waals surface area contributed by atoms with Crippen molar-refractivity contribution in [1.82, 2.24) is 10.2 Å². The zero-order chi connectivity index (χ0) is 27.3. The Bertz CT molecular complexity index is 1140. The molecule has 2 amide bonds. The fourth-order valence-electron chi connectivity index (χ4n) is 5.93. The molecule has 38 heavy (non-hydrogen) atoms. The quantitative estimate of drug-likeness (QED) is 0.355. The highest BCUT2D eigenvalue weighted by Crippen LogP contribution is 2.45. The fourth-order valence-corrected chi connectivity index (χ4v) is 5.93. The van der Waals surface area contributed by atoms with Crippen LogP contribution < -0.4 is 15.8 Å². The van der Waals surface area contributed by atoms with Gasteiger partial charge in [-0.2, -0.15) is 0 Å². The number of likely N-dealkylation sites (tertiary alicyclic amines) is 1. The molecule has 8 nitrogen and oxygen atoms in total. The van der Waals surface area contributed by atoms with Crippen molar-refractivity contribution in [1.29, 1.82) is 0 Å². The molecule has 2 aromatic carbocycles. The smallest absolute Gasteiger partial charge is 0.404 e. The fraction of sp³-hybridized carbons (Fsp3) is 0.517. The number of carbonyl (C=O) groups is 2. The third-order valence-corrected chi connectivity index (χ3v) is 7.88. The van der Waals surface area contributed by atoms with Crippen LogP contribution in [0.1, 0.15) is 56.1 Å². The van der Waals surface area contributed by atoms with E-state index in [1.165, 1.54) is 6.07 Å². The molecule has 0 radical (unpaired) electrons. The number of nitrogens with two attached hydrogens (primary N) is 1. The topological polar surface area (TPSA) is 125 Å². The Morgan fingerprint density at radius 1 is 1.21 bits per heavy atom. The van der Waals surface area contributed by atoms with E-state index in [4.69, 9.17) is 15.6 Å². The standard InChI is InChI=1S/C29H38FN3O5/c1-19-6-2-8-23(16-19)38-26-24(9-3-10-25(26)30)29(37,13-5-14-32-28(35)36)21-7-4-15-33(18-21)27(34)20-11-12-22(31)17-20/h2-3,6,8-10,16,20-22,32,37H,4-5,7,11-15,17-18,31H2,1H3,(H,35,36)/t20-,21-,22+,29?/m1/s1. The van der Waals surface area contributed by atoms with Crippen molar-refractivity contribution in [3.63, 3.8) is 0 Å². The van der Waals surface area contributed by atoms with E-state index in [2.05, 4.69) is 5.32 Å². The first-order chi connectivity index (χ1) is 18.2. The van der Waals surface area contributed by atoms with Crippen molar-refractivity contribution in [3.8, 4) is 11.5 Å². The summed E-state index contributed by atoms with van der Waals surface area (Å²) in [4.78, 5) is 26.1. The summed E-state index contributed by atoms with van der Waals surface area (Å²) in [6, 6.07) is 11.8. The first-order valence-electron chi connectivity index (χ1n) is 13.4. The average molecular weight is 528 g/mol. The van der Waals surface area contributed by atoms with Crippen molar-refractivity contribution < 1.29 is 28.9 Å². The van der Waals surface area contributed by atoms with Gasteiger partial charge in [-0.15, -0.1) is 0 Å². The Kier molecular flexibility index (Phi) is 8.89.